The van der Waals surface area contributed by atoms with Crippen LogP contribution in [0.25, 0.3) is 0 Å². The molecule has 2 fully saturated rings. The summed E-state index contributed by atoms with van der Waals surface area (Å²) >= 11 is 0. The molecule has 1 heterocycles. The summed E-state index contributed by atoms with van der Waals surface area (Å²) in [6, 6.07) is 0.587. The molecule has 86 valence electrons. The molecule has 0 aromatic heterocycles. The van der Waals surface area contributed by atoms with Gasteiger partial charge in [-0.3, -0.25) is 4.79 Å². The highest BCUT2D eigenvalue weighted by atomic mass is 16.2. The molecule has 1 aliphatic heterocycles. The fraction of sp³-hybridized carbons (Fsp3) is 0.917. The van der Waals surface area contributed by atoms with Crippen molar-refractivity contribution in [1.29, 1.82) is 0 Å². The van der Waals surface area contributed by atoms with Gasteiger partial charge in [-0.05, 0) is 51.6 Å². The Balaban J connectivity index is 1.78. The number of amides is 1. The van der Waals surface area contributed by atoms with Crippen LogP contribution in [0.1, 0.15) is 39.0 Å². The van der Waals surface area contributed by atoms with Crippen molar-refractivity contribution in [2.75, 3.05) is 19.6 Å². The molecule has 1 N–H and O–H groups in total. The lowest BCUT2D eigenvalue weighted by atomic mass is 9.94. The first-order valence-corrected chi connectivity index (χ1v) is 6.31. The number of hydrogen-bond donors (Lipinski definition) is 1. The summed E-state index contributed by atoms with van der Waals surface area (Å²) in [5.74, 6) is 1.03. The quantitative estimate of drug-likeness (QED) is 0.760. The molecular weight excluding hydrogens is 188 g/mol. The van der Waals surface area contributed by atoms with E-state index in [1.54, 1.807) is 0 Å². The second-order valence-electron chi connectivity index (χ2n) is 4.81. The molecular formula is C12H22N2O. The van der Waals surface area contributed by atoms with Gasteiger partial charge in [0.25, 0.3) is 0 Å². The Hall–Kier alpha value is -0.570. The predicted octanol–water partition coefficient (Wildman–Crippen LogP) is 1.39. The molecule has 1 amide bonds. The summed E-state index contributed by atoms with van der Waals surface area (Å²) in [7, 11) is 0. The summed E-state index contributed by atoms with van der Waals surface area (Å²) in [5, 5.41) is 3.34. The predicted molar refractivity (Wildman–Crippen MR) is 60.6 cm³/mol. The van der Waals surface area contributed by atoms with Gasteiger partial charge in [-0.2, -0.15) is 0 Å². The van der Waals surface area contributed by atoms with Crippen LogP contribution in [-0.4, -0.2) is 36.5 Å². The molecule has 1 saturated heterocycles. The Morgan fingerprint density at radius 3 is 2.47 bits per heavy atom. The zero-order valence-electron chi connectivity index (χ0n) is 9.67. The zero-order valence-corrected chi connectivity index (χ0v) is 9.67. The third kappa shape index (κ3) is 2.94. The standard InChI is InChI=1S/C12H22N2O/c1-2-14(11-3-4-11)12(15)9-10-5-7-13-8-6-10/h10-11,13H,2-9H2,1H3. The van der Waals surface area contributed by atoms with Gasteiger partial charge < -0.3 is 10.2 Å². The third-order valence-electron chi connectivity index (χ3n) is 3.57. The largest absolute Gasteiger partial charge is 0.340 e. The van der Waals surface area contributed by atoms with Gasteiger partial charge in [0.05, 0.1) is 0 Å². The van der Waals surface area contributed by atoms with E-state index in [4.69, 9.17) is 0 Å². The van der Waals surface area contributed by atoms with Crippen molar-refractivity contribution in [2.24, 2.45) is 5.92 Å². The SMILES string of the molecule is CCN(C(=O)CC1CCNCC1)C1CC1. The molecule has 0 spiro atoms. The molecule has 0 unspecified atom stereocenters. The van der Waals surface area contributed by atoms with Crippen LogP contribution in [0.5, 0.6) is 0 Å². The van der Waals surface area contributed by atoms with E-state index in [2.05, 4.69) is 17.1 Å². The lowest BCUT2D eigenvalue weighted by Gasteiger charge is -2.26. The van der Waals surface area contributed by atoms with Crippen molar-refractivity contribution in [1.82, 2.24) is 10.2 Å². The molecule has 2 aliphatic rings. The van der Waals surface area contributed by atoms with E-state index in [9.17, 15) is 4.79 Å². The molecule has 0 aromatic carbocycles. The van der Waals surface area contributed by atoms with E-state index < -0.39 is 0 Å². The second kappa shape index (κ2) is 4.97. The highest BCUT2D eigenvalue weighted by Crippen LogP contribution is 2.28. The smallest absolute Gasteiger partial charge is 0.223 e. The Kier molecular flexibility index (Phi) is 3.62. The van der Waals surface area contributed by atoms with E-state index >= 15 is 0 Å². The molecule has 0 atom stereocenters. The fourth-order valence-corrected chi connectivity index (χ4v) is 2.47. The first-order valence-electron chi connectivity index (χ1n) is 6.31. The minimum absolute atomic E-state index is 0.395. The first kappa shape index (κ1) is 10.9. The van der Waals surface area contributed by atoms with Gasteiger partial charge >= 0.3 is 0 Å². The van der Waals surface area contributed by atoms with Crippen molar-refractivity contribution < 1.29 is 4.79 Å². The minimum atomic E-state index is 0.395. The Morgan fingerprint density at radius 1 is 1.27 bits per heavy atom. The maximum atomic E-state index is 12.0. The summed E-state index contributed by atoms with van der Waals surface area (Å²) < 4.78 is 0. The molecule has 0 radical (unpaired) electrons. The number of nitrogens with zero attached hydrogens (tertiary/aromatic N) is 1. The lowest BCUT2D eigenvalue weighted by molar-refractivity contribution is -0.132. The van der Waals surface area contributed by atoms with Gasteiger partial charge in [0.15, 0.2) is 0 Å². The van der Waals surface area contributed by atoms with Gasteiger partial charge in [-0.25, -0.2) is 0 Å². The average molecular weight is 210 g/mol. The number of carbonyl (C=O) groups is 1. The highest BCUT2D eigenvalue weighted by molar-refractivity contribution is 5.77. The molecule has 1 aliphatic carbocycles. The maximum Gasteiger partial charge on any atom is 0.223 e. The number of piperidine rings is 1. The minimum Gasteiger partial charge on any atom is -0.340 e. The number of rotatable bonds is 4. The van der Waals surface area contributed by atoms with Gasteiger partial charge in [0.1, 0.15) is 0 Å². The van der Waals surface area contributed by atoms with Gasteiger partial charge in [0.2, 0.25) is 5.91 Å². The second-order valence-corrected chi connectivity index (χ2v) is 4.81. The first-order chi connectivity index (χ1) is 7.31. The molecule has 0 bridgehead atoms. The van der Waals surface area contributed by atoms with E-state index in [0.717, 1.165) is 26.1 Å². The zero-order chi connectivity index (χ0) is 10.7. The number of nitrogens with one attached hydrogen (secondary N) is 1. The Bertz CT molecular complexity index is 220. The molecule has 2 rings (SSSR count). The van der Waals surface area contributed by atoms with Crippen LogP contribution in [-0.2, 0) is 4.79 Å². The normalized spacial score (nSPS) is 22.7. The van der Waals surface area contributed by atoms with Crippen LogP contribution in [0.15, 0.2) is 0 Å². The maximum absolute atomic E-state index is 12.0. The molecule has 3 nitrogen and oxygen atoms in total. The summed E-state index contributed by atoms with van der Waals surface area (Å²) in [6.45, 7) is 5.17. The van der Waals surface area contributed by atoms with Crippen LogP contribution in [0, 0.1) is 5.92 Å². The van der Waals surface area contributed by atoms with Crippen molar-refractivity contribution in [3.05, 3.63) is 0 Å². The summed E-state index contributed by atoms with van der Waals surface area (Å²) in [6.07, 6.45) is 5.59. The topological polar surface area (TPSA) is 32.3 Å². The number of hydrogen-bond acceptors (Lipinski definition) is 2. The van der Waals surface area contributed by atoms with Gasteiger partial charge in [0, 0.05) is 19.0 Å². The van der Waals surface area contributed by atoms with Crippen molar-refractivity contribution in [3.63, 3.8) is 0 Å². The van der Waals surface area contributed by atoms with Crippen LogP contribution < -0.4 is 5.32 Å². The van der Waals surface area contributed by atoms with Crippen LogP contribution in [0.2, 0.25) is 0 Å². The van der Waals surface area contributed by atoms with E-state index in [0.29, 0.717) is 17.9 Å². The van der Waals surface area contributed by atoms with Crippen LogP contribution >= 0.6 is 0 Å². The molecule has 1 saturated carbocycles. The van der Waals surface area contributed by atoms with Gasteiger partial charge in [-0.15, -0.1) is 0 Å². The van der Waals surface area contributed by atoms with Crippen LogP contribution in [0.3, 0.4) is 0 Å². The average Bonchev–Trinajstić information content (AvgIpc) is 3.04. The van der Waals surface area contributed by atoms with Gasteiger partial charge in [-0.1, -0.05) is 0 Å². The van der Waals surface area contributed by atoms with Crippen molar-refractivity contribution in [2.45, 2.75) is 45.1 Å². The van der Waals surface area contributed by atoms with E-state index in [1.807, 2.05) is 0 Å². The Morgan fingerprint density at radius 2 is 1.93 bits per heavy atom. The molecule has 0 aromatic rings. The number of carbonyl (C=O) groups excluding carboxylic acids is 1. The summed E-state index contributed by atoms with van der Waals surface area (Å²) in [4.78, 5) is 14.1. The summed E-state index contributed by atoms with van der Waals surface area (Å²) in [5.41, 5.74) is 0. The Labute approximate surface area is 92.2 Å². The monoisotopic (exact) mass is 210 g/mol. The van der Waals surface area contributed by atoms with Crippen molar-refractivity contribution >= 4 is 5.91 Å². The van der Waals surface area contributed by atoms with E-state index in [1.165, 1.54) is 25.7 Å². The fourth-order valence-electron chi connectivity index (χ4n) is 2.47. The third-order valence-corrected chi connectivity index (χ3v) is 3.57. The van der Waals surface area contributed by atoms with Crippen molar-refractivity contribution in [3.8, 4) is 0 Å². The highest BCUT2D eigenvalue weighted by Gasteiger charge is 2.32. The molecule has 15 heavy (non-hydrogen) atoms. The van der Waals surface area contributed by atoms with E-state index in [-0.39, 0.29) is 0 Å². The molecule has 3 heteroatoms. The van der Waals surface area contributed by atoms with Crippen LogP contribution in [0.4, 0.5) is 0 Å². The lowest BCUT2D eigenvalue weighted by Crippen LogP contribution is -2.36.